The van der Waals surface area contributed by atoms with Crippen LogP contribution >= 0.6 is 12.2 Å². The van der Waals surface area contributed by atoms with Crippen molar-refractivity contribution in [1.82, 2.24) is 10.2 Å². The maximum Gasteiger partial charge on any atom is 0.296 e. The van der Waals surface area contributed by atoms with E-state index in [2.05, 4.69) is 5.32 Å². The molecule has 0 aliphatic carbocycles. The maximum atomic E-state index is 11.3. The molecule has 1 heterocycles. The van der Waals surface area contributed by atoms with Crippen molar-refractivity contribution >= 4 is 34.6 Å². The normalized spacial score (nSPS) is 14.3. The van der Waals surface area contributed by atoms with Gasteiger partial charge in [-0.05, 0) is 24.4 Å². The van der Waals surface area contributed by atoms with Gasteiger partial charge in [0.1, 0.15) is 11.4 Å². The molecular weight excluding hydrogens is 320 g/mol. The Hall–Kier alpha value is -2.42. The van der Waals surface area contributed by atoms with Gasteiger partial charge in [0.25, 0.3) is 5.69 Å². The van der Waals surface area contributed by atoms with Crippen LogP contribution in [0.25, 0.3) is 0 Å². The zero-order valence-corrected chi connectivity index (χ0v) is 13.8. The van der Waals surface area contributed by atoms with Gasteiger partial charge in [-0.25, -0.2) is 0 Å². The number of nitro groups is 1. The number of thiocarbonyl (C=S) groups is 1. The molecular formula is C14H18N4O4S. The Balaban J connectivity index is 2.09. The van der Waals surface area contributed by atoms with Gasteiger partial charge < -0.3 is 19.9 Å². The van der Waals surface area contributed by atoms with Crippen LogP contribution in [0.2, 0.25) is 0 Å². The minimum atomic E-state index is -0.411. The Morgan fingerprint density at radius 3 is 2.52 bits per heavy atom. The van der Waals surface area contributed by atoms with E-state index in [1.165, 1.54) is 20.1 Å². The van der Waals surface area contributed by atoms with E-state index in [1.807, 2.05) is 9.80 Å². The number of ether oxygens (including phenoxy) is 1. The van der Waals surface area contributed by atoms with E-state index in [-0.39, 0.29) is 11.6 Å². The van der Waals surface area contributed by atoms with Crippen LogP contribution in [0, 0.1) is 10.1 Å². The molecule has 1 N–H and O–H groups in total. The molecule has 124 valence electrons. The lowest BCUT2D eigenvalue weighted by atomic mass is 10.2. The summed E-state index contributed by atoms with van der Waals surface area (Å²) in [5.74, 6) is 0.245. The average Bonchev–Trinajstić information content (AvgIpc) is 2.53. The third-order valence-corrected chi connectivity index (χ3v) is 3.93. The van der Waals surface area contributed by atoms with Crippen LogP contribution in [0.5, 0.6) is 5.75 Å². The fourth-order valence-electron chi connectivity index (χ4n) is 2.42. The van der Waals surface area contributed by atoms with E-state index in [1.54, 1.807) is 12.1 Å². The standard InChI is InChI=1S/C14H18N4O4S/c1-10(19)15-14(23)17-7-5-16(6-8-17)12-4-3-11(22-2)9-13(12)18(20)21/h3-4,9H,5-8H2,1-2H3,(H,15,19,23). The van der Waals surface area contributed by atoms with Gasteiger partial charge in [-0.1, -0.05) is 0 Å². The van der Waals surface area contributed by atoms with Gasteiger partial charge in [0.05, 0.1) is 18.1 Å². The molecule has 0 atom stereocenters. The smallest absolute Gasteiger partial charge is 0.296 e. The van der Waals surface area contributed by atoms with Gasteiger partial charge >= 0.3 is 0 Å². The number of amides is 1. The Bertz CT molecular complexity index is 629. The fraction of sp³-hybridized carbons (Fsp3) is 0.429. The number of nitro benzene ring substituents is 1. The van der Waals surface area contributed by atoms with E-state index in [0.717, 1.165) is 0 Å². The Labute approximate surface area is 139 Å². The minimum absolute atomic E-state index is 0.0160. The summed E-state index contributed by atoms with van der Waals surface area (Å²) in [6, 6.07) is 4.82. The van der Waals surface area contributed by atoms with Crippen molar-refractivity contribution in [3.05, 3.63) is 28.3 Å². The maximum absolute atomic E-state index is 11.3. The number of carbonyl (C=O) groups is 1. The van der Waals surface area contributed by atoms with Crippen molar-refractivity contribution < 1.29 is 14.5 Å². The number of methoxy groups -OCH3 is 1. The van der Waals surface area contributed by atoms with Crippen LogP contribution in [-0.2, 0) is 4.79 Å². The van der Waals surface area contributed by atoms with Crippen molar-refractivity contribution in [1.29, 1.82) is 0 Å². The lowest BCUT2D eigenvalue weighted by Crippen LogP contribution is -2.52. The highest BCUT2D eigenvalue weighted by Gasteiger charge is 2.25. The number of piperazine rings is 1. The van der Waals surface area contributed by atoms with E-state index in [0.29, 0.717) is 42.7 Å². The van der Waals surface area contributed by atoms with Gasteiger partial charge in [-0.15, -0.1) is 0 Å². The first-order valence-corrected chi connectivity index (χ1v) is 7.47. The molecule has 1 aromatic carbocycles. The van der Waals surface area contributed by atoms with Crippen molar-refractivity contribution in [2.45, 2.75) is 6.92 Å². The van der Waals surface area contributed by atoms with Gasteiger partial charge in [0, 0.05) is 33.1 Å². The molecule has 0 spiro atoms. The van der Waals surface area contributed by atoms with Gasteiger partial charge in [-0.2, -0.15) is 0 Å². The van der Waals surface area contributed by atoms with Crippen LogP contribution in [0.15, 0.2) is 18.2 Å². The molecule has 1 amide bonds. The zero-order valence-electron chi connectivity index (χ0n) is 12.9. The number of carbonyl (C=O) groups excluding carboxylic acids is 1. The molecule has 9 heteroatoms. The number of benzene rings is 1. The average molecular weight is 338 g/mol. The quantitative estimate of drug-likeness (QED) is 0.502. The Kier molecular flexibility index (Phi) is 5.32. The monoisotopic (exact) mass is 338 g/mol. The second-order valence-corrected chi connectivity index (χ2v) is 5.46. The summed E-state index contributed by atoms with van der Waals surface area (Å²) in [6.07, 6.45) is 0. The topological polar surface area (TPSA) is 88.0 Å². The van der Waals surface area contributed by atoms with Gasteiger partial charge in [0.2, 0.25) is 5.91 Å². The lowest BCUT2D eigenvalue weighted by molar-refractivity contribution is -0.384. The van der Waals surface area contributed by atoms with Crippen molar-refractivity contribution in [3.63, 3.8) is 0 Å². The van der Waals surface area contributed by atoms with Gasteiger partial charge in [0.15, 0.2) is 5.11 Å². The number of hydrogen-bond acceptors (Lipinski definition) is 6. The summed E-state index contributed by atoms with van der Waals surface area (Å²) < 4.78 is 5.04. The molecule has 23 heavy (non-hydrogen) atoms. The van der Waals surface area contributed by atoms with Crippen molar-refractivity contribution in [2.75, 3.05) is 38.2 Å². The number of nitrogens with zero attached hydrogens (tertiary/aromatic N) is 3. The molecule has 0 saturated carbocycles. The fourth-order valence-corrected chi connectivity index (χ4v) is 2.75. The molecule has 1 aromatic rings. The van der Waals surface area contributed by atoms with Crippen LogP contribution in [0.1, 0.15) is 6.92 Å². The summed E-state index contributed by atoms with van der Waals surface area (Å²) in [5.41, 5.74) is 0.572. The molecule has 1 aliphatic heterocycles. The van der Waals surface area contributed by atoms with Crippen molar-refractivity contribution in [2.24, 2.45) is 0 Å². The Morgan fingerprint density at radius 2 is 2.00 bits per heavy atom. The molecule has 0 bridgehead atoms. The Morgan fingerprint density at radius 1 is 1.35 bits per heavy atom. The number of rotatable bonds is 3. The molecule has 8 nitrogen and oxygen atoms in total. The highest BCUT2D eigenvalue weighted by Crippen LogP contribution is 2.32. The summed E-state index contributed by atoms with van der Waals surface area (Å²) in [4.78, 5) is 25.7. The molecule has 1 fully saturated rings. The third-order valence-electron chi connectivity index (χ3n) is 3.57. The number of anilines is 1. The first kappa shape index (κ1) is 16.9. The lowest BCUT2D eigenvalue weighted by Gasteiger charge is -2.36. The first-order chi connectivity index (χ1) is 10.9. The minimum Gasteiger partial charge on any atom is -0.496 e. The van der Waals surface area contributed by atoms with Crippen LogP contribution in [0.4, 0.5) is 11.4 Å². The molecule has 0 radical (unpaired) electrons. The van der Waals surface area contributed by atoms with Crippen LogP contribution in [-0.4, -0.2) is 54.1 Å². The van der Waals surface area contributed by atoms with E-state index >= 15 is 0 Å². The third kappa shape index (κ3) is 4.07. The largest absolute Gasteiger partial charge is 0.496 e. The summed E-state index contributed by atoms with van der Waals surface area (Å²) in [7, 11) is 1.47. The van der Waals surface area contributed by atoms with Crippen LogP contribution < -0.4 is 15.0 Å². The number of nitrogens with one attached hydrogen (secondary N) is 1. The molecule has 1 saturated heterocycles. The molecule has 0 unspecified atom stereocenters. The summed E-state index contributed by atoms with van der Waals surface area (Å²) in [5, 5.41) is 14.2. The SMILES string of the molecule is COc1ccc(N2CCN(C(=S)NC(C)=O)CC2)c([N+](=O)[O-])c1. The highest BCUT2D eigenvalue weighted by atomic mass is 32.1. The molecule has 2 rings (SSSR count). The second-order valence-electron chi connectivity index (χ2n) is 5.07. The first-order valence-electron chi connectivity index (χ1n) is 7.06. The summed E-state index contributed by atoms with van der Waals surface area (Å²) >= 11 is 5.16. The van der Waals surface area contributed by atoms with E-state index < -0.39 is 4.92 Å². The summed E-state index contributed by atoms with van der Waals surface area (Å²) in [6.45, 7) is 3.73. The predicted octanol–water partition coefficient (Wildman–Crippen LogP) is 1.15. The molecule has 1 aliphatic rings. The predicted molar refractivity (Wildman–Crippen MR) is 89.8 cm³/mol. The zero-order chi connectivity index (χ0) is 17.0. The van der Waals surface area contributed by atoms with Crippen LogP contribution in [0.3, 0.4) is 0 Å². The molecule has 0 aromatic heterocycles. The second kappa shape index (κ2) is 7.23. The van der Waals surface area contributed by atoms with Gasteiger partial charge in [-0.3, -0.25) is 14.9 Å². The number of hydrogen-bond donors (Lipinski definition) is 1. The van der Waals surface area contributed by atoms with Crippen molar-refractivity contribution in [3.8, 4) is 5.75 Å². The van der Waals surface area contributed by atoms with E-state index in [9.17, 15) is 14.9 Å². The van der Waals surface area contributed by atoms with E-state index in [4.69, 9.17) is 17.0 Å². The highest BCUT2D eigenvalue weighted by molar-refractivity contribution is 7.80.